The van der Waals surface area contributed by atoms with Gasteiger partial charge in [0.1, 0.15) is 5.82 Å². The number of fused-ring (bicyclic) bond motifs is 2. The predicted octanol–water partition coefficient (Wildman–Crippen LogP) is 9.49. The fraction of sp³-hybridized carbons (Fsp3) is 0.0571. The zero-order valence-electron chi connectivity index (χ0n) is 21.1. The number of allylic oxidation sites excluding steroid dienone is 4. The van der Waals surface area contributed by atoms with Gasteiger partial charge in [0.2, 0.25) is 0 Å². The van der Waals surface area contributed by atoms with Crippen LogP contribution in [0.5, 0.6) is 0 Å². The number of rotatable bonds is 5. The molecular formula is C35H28N2. The zero-order valence-corrected chi connectivity index (χ0v) is 21.1. The maximum absolute atomic E-state index is 5.09. The molecule has 0 bridgehead atoms. The van der Waals surface area contributed by atoms with Crippen molar-refractivity contribution in [2.45, 2.75) is 13.8 Å². The van der Waals surface area contributed by atoms with Crippen molar-refractivity contribution in [3.63, 3.8) is 0 Å². The molecule has 0 radical (unpaired) electrons. The van der Waals surface area contributed by atoms with Gasteiger partial charge in [-0.1, -0.05) is 109 Å². The Bertz CT molecular complexity index is 1760. The number of benzene rings is 5. The number of aromatic nitrogens is 2. The maximum atomic E-state index is 5.09. The molecule has 0 aliphatic rings. The molecule has 2 nitrogen and oxygen atoms in total. The van der Waals surface area contributed by atoms with Crippen LogP contribution in [0.25, 0.3) is 55.6 Å². The number of imidazole rings is 1. The summed E-state index contributed by atoms with van der Waals surface area (Å²) in [6, 6.07) is 40.9. The first-order valence-corrected chi connectivity index (χ1v) is 12.7. The fourth-order valence-electron chi connectivity index (χ4n) is 5.09. The van der Waals surface area contributed by atoms with Crippen molar-refractivity contribution in [1.82, 2.24) is 9.55 Å². The highest BCUT2D eigenvalue weighted by Crippen LogP contribution is 2.34. The van der Waals surface area contributed by atoms with Crippen molar-refractivity contribution in [2.75, 3.05) is 0 Å². The summed E-state index contributed by atoms with van der Waals surface area (Å²) in [5.41, 5.74) is 9.19. The van der Waals surface area contributed by atoms with Crippen LogP contribution < -0.4 is 0 Å². The SMILES string of the molecule is C/C=C\C(=C/C)c1ccc(-c2ccc(-n3c(-c4cccc5ccccc45)nc4ccccc43)cc2)cc1. The molecule has 0 unspecified atom stereocenters. The molecule has 178 valence electrons. The van der Waals surface area contributed by atoms with Crippen LogP contribution in [-0.2, 0) is 0 Å². The number of hydrogen-bond acceptors (Lipinski definition) is 1. The Balaban J connectivity index is 1.44. The van der Waals surface area contributed by atoms with Crippen LogP contribution in [-0.4, -0.2) is 9.55 Å². The Morgan fingerprint density at radius 1 is 0.676 bits per heavy atom. The molecule has 37 heavy (non-hydrogen) atoms. The van der Waals surface area contributed by atoms with Crippen molar-refractivity contribution in [2.24, 2.45) is 0 Å². The Kier molecular flexibility index (Phi) is 6.00. The smallest absolute Gasteiger partial charge is 0.146 e. The lowest BCUT2D eigenvalue weighted by Gasteiger charge is -2.13. The molecule has 0 N–H and O–H groups in total. The molecule has 0 saturated carbocycles. The normalized spacial score (nSPS) is 12.1. The minimum atomic E-state index is 0.956. The van der Waals surface area contributed by atoms with Crippen molar-refractivity contribution in [3.8, 4) is 28.2 Å². The lowest BCUT2D eigenvalue weighted by molar-refractivity contribution is 1.11. The monoisotopic (exact) mass is 476 g/mol. The van der Waals surface area contributed by atoms with Gasteiger partial charge in [-0.2, -0.15) is 0 Å². The zero-order chi connectivity index (χ0) is 25.2. The van der Waals surface area contributed by atoms with Gasteiger partial charge in [0, 0.05) is 11.3 Å². The summed E-state index contributed by atoms with van der Waals surface area (Å²) in [6.07, 6.45) is 6.37. The van der Waals surface area contributed by atoms with E-state index in [0.717, 1.165) is 28.1 Å². The third-order valence-corrected chi connectivity index (χ3v) is 6.93. The van der Waals surface area contributed by atoms with E-state index < -0.39 is 0 Å². The van der Waals surface area contributed by atoms with Gasteiger partial charge < -0.3 is 0 Å². The maximum Gasteiger partial charge on any atom is 0.146 e. The summed E-state index contributed by atoms with van der Waals surface area (Å²) in [5, 5.41) is 2.42. The molecular weight excluding hydrogens is 448 g/mol. The fourth-order valence-corrected chi connectivity index (χ4v) is 5.09. The lowest BCUT2D eigenvalue weighted by atomic mass is 9.99. The Morgan fingerprint density at radius 2 is 1.35 bits per heavy atom. The van der Waals surface area contributed by atoms with E-state index in [1.54, 1.807) is 0 Å². The van der Waals surface area contributed by atoms with Crippen LogP contribution >= 0.6 is 0 Å². The van der Waals surface area contributed by atoms with E-state index in [0.29, 0.717) is 0 Å². The van der Waals surface area contributed by atoms with E-state index in [9.17, 15) is 0 Å². The summed E-state index contributed by atoms with van der Waals surface area (Å²) in [7, 11) is 0. The van der Waals surface area contributed by atoms with Crippen molar-refractivity contribution in [1.29, 1.82) is 0 Å². The molecule has 0 saturated heterocycles. The quantitative estimate of drug-likeness (QED) is 0.227. The molecule has 0 amide bonds. The summed E-state index contributed by atoms with van der Waals surface area (Å²) in [5.74, 6) is 0.956. The van der Waals surface area contributed by atoms with E-state index in [2.05, 4.69) is 152 Å². The highest BCUT2D eigenvalue weighted by molar-refractivity contribution is 5.97. The summed E-state index contributed by atoms with van der Waals surface area (Å²) in [4.78, 5) is 5.09. The average Bonchev–Trinajstić information content (AvgIpc) is 3.35. The van der Waals surface area contributed by atoms with E-state index >= 15 is 0 Å². The van der Waals surface area contributed by atoms with Gasteiger partial charge in [0.25, 0.3) is 0 Å². The van der Waals surface area contributed by atoms with Crippen LogP contribution in [0.4, 0.5) is 0 Å². The predicted molar refractivity (Wildman–Crippen MR) is 158 cm³/mol. The molecule has 0 atom stereocenters. The van der Waals surface area contributed by atoms with Crippen LogP contribution in [0.15, 0.2) is 133 Å². The molecule has 0 fully saturated rings. The van der Waals surface area contributed by atoms with Gasteiger partial charge in [-0.05, 0) is 71.1 Å². The first kappa shape index (κ1) is 22.8. The third-order valence-electron chi connectivity index (χ3n) is 6.93. The van der Waals surface area contributed by atoms with Gasteiger partial charge in [0.05, 0.1) is 11.0 Å². The van der Waals surface area contributed by atoms with Gasteiger partial charge in [-0.3, -0.25) is 4.57 Å². The van der Waals surface area contributed by atoms with E-state index in [1.807, 2.05) is 0 Å². The second-order valence-electron chi connectivity index (χ2n) is 9.15. The molecule has 0 spiro atoms. The number of nitrogens with zero attached hydrogens (tertiary/aromatic N) is 2. The second kappa shape index (κ2) is 9.75. The van der Waals surface area contributed by atoms with Crippen molar-refractivity contribution < 1.29 is 0 Å². The van der Waals surface area contributed by atoms with E-state index in [1.165, 1.54) is 33.0 Å². The minimum Gasteiger partial charge on any atom is -0.292 e. The number of hydrogen-bond donors (Lipinski definition) is 0. The van der Waals surface area contributed by atoms with Gasteiger partial charge in [-0.15, -0.1) is 0 Å². The largest absolute Gasteiger partial charge is 0.292 e. The Labute approximate surface area is 217 Å². The van der Waals surface area contributed by atoms with Crippen molar-refractivity contribution in [3.05, 3.63) is 139 Å². The summed E-state index contributed by atoms with van der Waals surface area (Å²) >= 11 is 0. The molecule has 6 aromatic rings. The Hall–Kier alpha value is -4.69. The first-order chi connectivity index (χ1) is 18.3. The van der Waals surface area contributed by atoms with Crippen LogP contribution in [0.3, 0.4) is 0 Å². The van der Waals surface area contributed by atoms with Crippen molar-refractivity contribution >= 4 is 27.4 Å². The minimum absolute atomic E-state index is 0.956. The summed E-state index contributed by atoms with van der Waals surface area (Å²) in [6.45, 7) is 4.13. The van der Waals surface area contributed by atoms with E-state index in [-0.39, 0.29) is 0 Å². The molecule has 6 rings (SSSR count). The van der Waals surface area contributed by atoms with E-state index in [4.69, 9.17) is 4.98 Å². The molecule has 1 aromatic heterocycles. The lowest BCUT2D eigenvalue weighted by Crippen LogP contribution is -1.98. The van der Waals surface area contributed by atoms with Gasteiger partial charge >= 0.3 is 0 Å². The molecule has 2 heteroatoms. The topological polar surface area (TPSA) is 17.8 Å². The third kappa shape index (κ3) is 4.17. The van der Waals surface area contributed by atoms with Gasteiger partial charge in [0.15, 0.2) is 0 Å². The second-order valence-corrected chi connectivity index (χ2v) is 9.15. The van der Waals surface area contributed by atoms with Crippen LogP contribution in [0, 0.1) is 0 Å². The summed E-state index contributed by atoms with van der Waals surface area (Å²) < 4.78 is 2.28. The molecule has 5 aromatic carbocycles. The first-order valence-electron chi connectivity index (χ1n) is 12.7. The molecule has 0 aliphatic heterocycles. The molecule has 1 heterocycles. The number of para-hydroxylation sites is 2. The van der Waals surface area contributed by atoms with Crippen LogP contribution in [0.2, 0.25) is 0 Å². The Morgan fingerprint density at radius 3 is 2.11 bits per heavy atom. The average molecular weight is 477 g/mol. The van der Waals surface area contributed by atoms with Gasteiger partial charge in [-0.25, -0.2) is 4.98 Å². The molecule has 0 aliphatic carbocycles. The standard InChI is InChI=1S/C35H28N2/c1-3-10-25(4-2)26-17-19-27(20-18-26)28-21-23-30(24-22-28)37-34-16-8-7-15-33(34)36-35(37)32-14-9-12-29-11-5-6-13-31(29)32/h3-24H,1-2H3/b10-3-,25-4+. The highest BCUT2D eigenvalue weighted by atomic mass is 15.1. The highest BCUT2D eigenvalue weighted by Gasteiger charge is 2.16. The van der Waals surface area contributed by atoms with Crippen LogP contribution in [0.1, 0.15) is 19.4 Å².